The highest BCUT2D eigenvalue weighted by atomic mass is 127. The molecule has 1 fully saturated rings. The lowest BCUT2D eigenvalue weighted by Crippen LogP contribution is -2.26. The van der Waals surface area contributed by atoms with Crippen LogP contribution in [0.5, 0.6) is 0 Å². The maximum absolute atomic E-state index is 5.98. The van der Waals surface area contributed by atoms with Crippen molar-refractivity contribution in [2.24, 2.45) is 17.4 Å². The zero-order chi connectivity index (χ0) is 11.8. The first-order chi connectivity index (χ1) is 7.53. The van der Waals surface area contributed by atoms with E-state index < -0.39 is 0 Å². The van der Waals surface area contributed by atoms with Crippen LogP contribution in [-0.2, 0) is 4.74 Å². The molecule has 2 aliphatic rings. The van der Waals surface area contributed by atoms with Gasteiger partial charge in [0.15, 0.2) is 0 Å². The van der Waals surface area contributed by atoms with E-state index >= 15 is 0 Å². The van der Waals surface area contributed by atoms with Crippen LogP contribution in [0.4, 0.5) is 0 Å². The van der Waals surface area contributed by atoms with Gasteiger partial charge in [0.1, 0.15) is 6.10 Å². The lowest BCUT2D eigenvalue weighted by atomic mass is 10.0. The smallest absolute Gasteiger partial charge is 0.100 e. The molecule has 0 saturated heterocycles. The van der Waals surface area contributed by atoms with Crippen LogP contribution in [0.15, 0.2) is 23.4 Å². The lowest BCUT2D eigenvalue weighted by Gasteiger charge is -2.21. The number of hydrogen-bond acceptors (Lipinski definition) is 3. The number of ether oxygens (including phenoxy) is 1. The van der Waals surface area contributed by atoms with E-state index in [-0.39, 0.29) is 9.65 Å². The monoisotopic (exact) mass is 334 g/mol. The van der Waals surface area contributed by atoms with Gasteiger partial charge in [0, 0.05) is 11.6 Å². The third kappa shape index (κ3) is 2.78. The zero-order valence-electron chi connectivity index (χ0n) is 9.58. The summed E-state index contributed by atoms with van der Waals surface area (Å²) in [5, 5.41) is 0. The Balaban J connectivity index is 1.80. The molecule has 0 amide bonds. The Morgan fingerprint density at radius 3 is 2.81 bits per heavy atom. The molecule has 0 bridgehead atoms. The molecule has 90 valence electrons. The van der Waals surface area contributed by atoms with Crippen molar-refractivity contribution < 1.29 is 4.74 Å². The van der Waals surface area contributed by atoms with E-state index in [4.69, 9.17) is 16.2 Å². The standard InChI is InChI=1S/C12H19IN2O/c1-2-8-3-4-11(10(14)5-8)16-7-9-6-12(9,13)15/h3,5,9,11H,2,4,6-7,14-15H2,1H3. The van der Waals surface area contributed by atoms with Gasteiger partial charge >= 0.3 is 0 Å². The molecule has 0 heterocycles. The highest BCUT2D eigenvalue weighted by Gasteiger charge is 2.49. The van der Waals surface area contributed by atoms with E-state index in [2.05, 4.69) is 35.6 Å². The van der Waals surface area contributed by atoms with Crippen LogP contribution in [0.1, 0.15) is 26.2 Å². The maximum Gasteiger partial charge on any atom is 0.100 e. The average molecular weight is 334 g/mol. The fourth-order valence-corrected chi connectivity index (χ4v) is 2.63. The second-order valence-electron chi connectivity index (χ2n) is 4.66. The quantitative estimate of drug-likeness (QED) is 0.470. The molecule has 3 atom stereocenters. The topological polar surface area (TPSA) is 61.3 Å². The molecule has 0 aromatic rings. The minimum atomic E-state index is -0.0324. The molecule has 16 heavy (non-hydrogen) atoms. The SMILES string of the molecule is CCC1=CCC(OCC2CC2(N)I)C(N)=C1. The summed E-state index contributed by atoms with van der Waals surface area (Å²) < 4.78 is 5.79. The van der Waals surface area contributed by atoms with Crippen LogP contribution in [0.2, 0.25) is 0 Å². The number of halogens is 1. The second-order valence-corrected chi connectivity index (χ2v) is 6.67. The summed E-state index contributed by atoms with van der Waals surface area (Å²) in [7, 11) is 0. The largest absolute Gasteiger partial charge is 0.400 e. The van der Waals surface area contributed by atoms with Crippen molar-refractivity contribution in [3.63, 3.8) is 0 Å². The van der Waals surface area contributed by atoms with Crippen molar-refractivity contribution >= 4 is 22.6 Å². The van der Waals surface area contributed by atoms with E-state index in [1.165, 1.54) is 5.57 Å². The van der Waals surface area contributed by atoms with Gasteiger partial charge in [-0.15, -0.1) is 0 Å². The Hall–Kier alpha value is -0.0700. The third-order valence-electron chi connectivity index (χ3n) is 3.30. The van der Waals surface area contributed by atoms with Crippen molar-refractivity contribution in [1.29, 1.82) is 0 Å². The van der Waals surface area contributed by atoms with Crippen LogP contribution in [0.25, 0.3) is 0 Å². The molecule has 0 spiro atoms. The molecular weight excluding hydrogens is 315 g/mol. The Morgan fingerprint density at radius 1 is 1.62 bits per heavy atom. The minimum Gasteiger partial charge on any atom is -0.400 e. The van der Waals surface area contributed by atoms with Gasteiger partial charge in [0.2, 0.25) is 0 Å². The van der Waals surface area contributed by atoms with Gasteiger partial charge in [-0.1, -0.05) is 41.2 Å². The van der Waals surface area contributed by atoms with Gasteiger partial charge in [-0.3, -0.25) is 0 Å². The summed E-state index contributed by atoms with van der Waals surface area (Å²) in [6.45, 7) is 2.87. The maximum atomic E-state index is 5.98. The molecule has 0 aliphatic heterocycles. The van der Waals surface area contributed by atoms with Crippen molar-refractivity contribution in [3.8, 4) is 0 Å². The van der Waals surface area contributed by atoms with E-state index in [9.17, 15) is 0 Å². The summed E-state index contributed by atoms with van der Waals surface area (Å²) in [6, 6.07) is 0. The fourth-order valence-electron chi connectivity index (χ4n) is 1.92. The van der Waals surface area contributed by atoms with E-state index in [1.807, 2.05) is 6.08 Å². The first-order valence-corrected chi connectivity index (χ1v) is 6.86. The first-order valence-electron chi connectivity index (χ1n) is 5.78. The predicted octanol–water partition coefficient (Wildman–Crippen LogP) is 2.06. The van der Waals surface area contributed by atoms with Crippen LogP contribution in [0.3, 0.4) is 0 Å². The highest BCUT2D eigenvalue weighted by molar-refractivity contribution is 14.1. The molecule has 2 rings (SSSR count). The Kier molecular flexibility index (Phi) is 3.61. The van der Waals surface area contributed by atoms with Gasteiger partial charge in [-0.2, -0.15) is 0 Å². The summed E-state index contributed by atoms with van der Waals surface area (Å²) in [5.74, 6) is 0.498. The van der Waals surface area contributed by atoms with Crippen molar-refractivity contribution in [1.82, 2.24) is 0 Å². The van der Waals surface area contributed by atoms with E-state index in [0.717, 1.165) is 31.6 Å². The van der Waals surface area contributed by atoms with Crippen LogP contribution >= 0.6 is 22.6 Å². The van der Waals surface area contributed by atoms with E-state index in [0.29, 0.717) is 5.92 Å². The fraction of sp³-hybridized carbons (Fsp3) is 0.667. The van der Waals surface area contributed by atoms with Gasteiger partial charge in [-0.05, 0) is 25.3 Å². The molecule has 4 N–H and O–H groups in total. The average Bonchev–Trinajstić information content (AvgIpc) is 2.84. The molecule has 4 heteroatoms. The van der Waals surface area contributed by atoms with Crippen molar-refractivity contribution in [2.45, 2.75) is 35.8 Å². The molecular formula is C12H19IN2O. The number of nitrogens with two attached hydrogens (primary N) is 2. The molecule has 0 aromatic heterocycles. The zero-order valence-corrected chi connectivity index (χ0v) is 11.7. The first kappa shape index (κ1) is 12.4. The van der Waals surface area contributed by atoms with Crippen molar-refractivity contribution in [3.05, 3.63) is 23.4 Å². The normalized spacial score (nSPS) is 37.9. The number of alkyl halides is 1. The van der Waals surface area contributed by atoms with Crippen LogP contribution < -0.4 is 11.5 Å². The van der Waals surface area contributed by atoms with Crippen LogP contribution in [-0.4, -0.2) is 16.3 Å². The lowest BCUT2D eigenvalue weighted by molar-refractivity contribution is 0.0681. The summed E-state index contributed by atoms with van der Waals surface area (Å²) >= 11 is 2.30. The van der Waals surface area contributed by atoms with Gasteiger partial charge in [0.05, 0.1) is 10.2 Å². The molecule has 3 nitrogen and oxygen atoms in total. The minimum absolute atomic E-state index is 0.0324. The molecule has 0 radical (unpaired) electrons. The Bertz CT molecular complexity index is 336. The molecule has 0 aromatic carbocycles. The van der Waals surface area contributed by atoms with Gasteiger partial charge < -0.3 is 16.2 Å². The molecule has 2 aliphatic carbocycles. The number of hydrogen-bond donors (Lipinski definition) is 2. The Morgan fingerprint density at radius 2 is 2.31 bits per heavy atom. The highest BCUT2D eigenvalue weighted by Crippen LogP contribution is 2.47. The van der Waals surface area contributed by atoms with Crippen LogP contribution in [0, 0.1) is 5.92 Å². The summed E-state index contributed by atoms with van der Waals surface area (Å²) in [5.41, 5.74) is 14.1. The van der Waals surface area contributed by atoms with Crippen molar-refractivity contribution in [2.75, 3.05) is 6.61 Å². The second kappa shape index (κ2) is 4.66. The van der Waals surface area contributed by atoms with Gasteiger partial charge in [0.25, 0.3) is 0 Å². The molecule has 1 saturated carbocycles. The number of rotatable bonds is 4. The Labute approximate surface area is 110 Å². The van der Waals surface area contributed by atoms with Gasteiger partial charge in [-0.25, -0.2) is 0 Å². The summed E-state index contributed by atoms with van der Waals surface area (Å²) in [4.78, 5) is 0. The third-order valence-corrected chi connectivity index (χ3v) is 4.62. The summed E-state index contributed by atoms with van der Waals surface area (Å²) in [6.07, 6.45) is 7.31. The predicted molar refractivity (Wildman–Crippen MR) is 74.0 cm³/mol. The van der Waals surface area contributed by atoms with E-state index in [1.54, 1.807) is 0 Å². The molecule has 3 unspecified atom stereocenters. The number of allylic oxidation sites excluding steroid dienone is 2.